The summed E-state index contributed by atoms with van der Waals surface area (Å²) in [4.78, 5) is 16.0. The number of hydrogen-bond acceptors (Lipinski definition) is 3. The second-order valence-corrected chi connectivity index (χ2v) is 6.76. The van der Waals surface area contributed by atoms with E-state index in [0.717, 1.165) is 38.9 Å². The van der Waals surface area contributed by atoms with Crippen molar-refractivity contribution in [3.8, 4) is 0 Å². The SMILES string of the molecule is Cl.O=C(CC1CCNCC1)N(Cc1cccs1)C1CC1. The molecule has 1 N–H and O–H groups in total. The minimum Gasteiger partial charge on any atom is -0.335 e. The lowest BCUT2D eigenvalue weighted by atomic mass is 9.94. The molecule has 1 aliphatic carbocycles. The number of hydrogen-bond donors (Lipinski definition) is 1. The summed E-state index contributed by atoms with van der Waals surface area (Å²) in [6.45, 7) is 2.98. The Labute approximate surface area is 131 Å². The van der Waals surface area contributed by atoms with Crippen molar-refractivity contribution in [2.45, 2.75) is 44.7 Å². The lowest BCUT2D eigenvalue weighted by molar-refractivity contribution is -0.133. The van der Waals surface area contributed by atoms with Crippen molar-refractivity contribution in [2.75, 3.05) is 13.1 Å². The Kier molecular flexibility index (Phi) is 5.87. The van der Waals surface area contributed by atoms with Crippen molar-refractivity contribution in [3.63, 3.8) is 0 Å². The third-order valence-corrected chi connectivity index (χ3v) is 5.00. The highest BCUT2D eigenvalue weighted by Gasteiger charge is 2.33. The van der Waals surface area contributed by atoms with Crippen LogP contribution in [0.3, 0.4) is 0 Å². The molecule has 0 aromatic carbocycles. The molecule has 0 radical (unpaired) electrons. The summed E-state index contributed by atoms with van der Waals surface area (Å²) < 4.78 is 0. The van der Waals surface area contributed by atoms with Gasteiger partial charge in [0.15, 0.2) is 0 Å². The summed E-state index contributed by atoms with van der Waals surface area (Å²) in [5.74, 6) is 0.973. The average molecular weight is 315 g/mol. The molecule has 1 saturated heterocycles. The Morgan fingerprint density at radius 1 is 1.30 bits per heavy atom. The number of nitrogens with one attached hydrogen (secondary N) is 1. The van der Waals surface area contributed by atoms with Crippen molar-refractivity contribution < 1.29 is 4.79 Å². The standard InChI is InChI=1S/C15H22N2OS.ClH/c18-15(10-12-5-7-16-8-6-12)17(13-3-4-13)11-14-2-1-9-19-14;/h1-2,9,12-13,16H,3-8,10-11H2;1H. The van der Waals surface area contributed by atoms with Crippen LogP contribution in [0.1, 0.15) is 37.0 Å². The Morgan fingerprint density at radius 2 is 2.05 bits per heavy atom. The number of carbonyl (C=O) groups excluding carboxylic acids is 1. The van der Waals surface area contributed by atoms with Gasteiger partial charge >= 0.3 is 0 Å². The zero-order chi connectivity index (χ0) is 13.1. The van der Waals surface area contributed by atoms with E-state index in [2.05, 4.69) is 27.7 Å². The van der Waals surface area contributed by atoms with E-state index >= 15 is 0 Å². The molecule has 0 bridgehead atoms. The summed E-state index contributed by atoms with van der Waals surface area (Å²) in [5, 5.41) is 5.46. The molecule has 3 nitrogen and oxygen atoms in total. The largest absolute Gasteiger partial charge is 0.335 e. The van der Waals surface area contributed by atoms with Gasteiger partial charge < -0.3 is 10.2 Å². The molecule has 112 valence electrons. The smallest absolute Gasteiger partial charge is 0.223 e. The third kappa shape index (κ3) is 4.21. The second kappa shape index (κ2) is 7.43. The van der Waals surface area contributed by atoms with Gasteiger partial charge in [0.1, 0.15) is 0 Å². The van der Waals surface area contributed by atoms with Gasteiger partial charge in [0.05, 0.1) is 6.54 Å². The fourth-order valence-corrected chi connectivity index (χ4v) is 3.53. The first-order valence-electron chi connectivity index (χ1n) is 7.35. The number of halogens is 1. The third-order valence-electron chi connectivity index (χ3n) is 4.14. The maximum atomic E-state index is 12.5. The molecule has 2 heterocycles. The van der Waals surface area contributed by atoms with Gasteiger partial charge in [-0.25, -0.2) is 0 Å². The number of amides is 1. The predicted octanol–water partition coefficient (Wildman–Crippen LogP) is 3.05. The van der Waals surface area contributed by atoms with Crippen molar-refractivity contribution in [1.82, 2.24) is 10.2 Å². The monoisotopic (exact) mass is 314 g/mol. The quantitative estimate of drug-likeness (QED) is 0.906. The summed E-state index contributed by atoms with van der Waals surface area (Å²) >= 11 is 1.76. The molecule has 1 aliphatic heterocycles. The lowest BCUT2D eigenvalue weighted by Gasteiger charge is -2.27. The van der Waals surface area contributed by atoms with E-state index in [9.17, 15) is 4.79 Å². The first-order valence-corrected chi connectivity index (χ1v) is 8.23. The van der Waals surface area contributed by atoms with Gasteiger partial charge in [-0.3, -0.25) is 4.79 Å². The molecule has 0 unspecified atom stereocenters. The molecular weight excluding hydrogens is 292 g/mol. The van der Waals surface area contributed by atoms with Crippen LogP contribution in [-0.4, -0.2) is 29.9 Å². The van der Waals surface area contributed by atoms with Crippen LogP contribution in [0.4, 0.5) is 0 Å². The van der Waals surface area contributed by atoms with Crippen molar-refractivity contribution in [3.05, 3.63) is 22.4 Å². The highest BCUT2D eigenvalue weighted by atomic mass is 35.5. The van der Waals surface area contributed by atoms with E-state index in [1.54, 1.807) is 11.3 Å². The molecular formula is C15H23ClN2OS. The Balaban J connectivity index is 0.00000147. The van der Waals surface area contributed by atoms with E-state index in [4.69, 9.17) is 0 Å². The maximum Gasteiger partial charge on any atom is 0.223 e. The molecule has 5 heteroatoms. The van der Waals surface area contributed by atoms with E-state index in [0.29, 0.717) is 17.9 Å². The summed E-state index contributed by atoms with van der Waals surface area (Å²) in [5.41, 5.74) is 0. The fourth-order valence-electron chi connectivity index (χ4n) is 2.83. The predicted molar refractivity (Wildman–Crippen MR) is 85.3 cm³/mol. The number of thiophene rings is 1. The van der Waals surface area contributed by atoms with Crippen LogP contribution in [0.15, 0.2) is 17.5 Å². The minimum absolute atomic E-state index is 0. The van der Waals surface area contributed by atoms with Gasteiger partial charge in [-0.1, -0.05) is 6.07 Å². The molecule has 1 amide bonds. The molecule has 3 rings (SSSR count). The van der Waals surface area contributed by atoms with Crippen LogP contribution >= 0.6 is 23.7 Å². The topological polar surface area (TPSA) is 32.3 Å². The van der Waals surface area contributed by atoms with Crippen LogP contribution < -0.4 is 5.32 Å². The molecule has 2 fully saturated rings. The fraction of sp³-hybridized carbons (Fsp3) is 0.667. The van der Waals surface area contributed by atoms with Crippen LogP contribution in [0.2, 0.25) is 0 Å². The van der Waals surface area contributed by atoms with Crippen LogP contribution in [-0.2, 0) is 11.3 Å². The Morgan fingerprint density at radius 3 is 2.65 bits per heavy atom. The molecule has 0 atom stereocenters. The zero-order valence-corrected chi connectivity index (χ0v) is 13.3. The summed E-state index contributed by atoms with van der Waals surface area (Å²) in [7, 11) is 0. The summed E-state index contributed by atoms with van der Waals surface area (Å²) in [6, 6.07) is 4.73. The average Bonchev–Trinajstić information content (AvgIpc) is 3.14. The Hall–Kier alpha value is -0.580. The summed E-state index contributed by atoms with van der Waals surface area (Å²) in [6.07, 6.45) is 5.46. The first-order chi connectivity index (χ1) is 9.33. The van der Waals surface area contributed by atoms with Crippen molar-refractivity contribution >= 4 is 29.7 Å². The molecule has 1 aromatic rings. The van der Waals surface area contributed by atoms with Crippen molar-refractivity contribution in [1.29, 1.82) is 0 Å². The minimum atomic E-state index is 0. The maximum absolute atomic E-state index is 12.5. The van der Waals surface area contributed by atoms with Crippen molar-refractivity contribution in [2.24, 2.45) is 5.92 Å². The number of nitrogens with zero attached hydrogens (tertiary/aromatic N) is 1. The second-order valence-electron chi connectivity index (χ2n) is 5.73. The van der Waals surface area contributed by atoms with Gasteiger partial charge in [0.2, 0.25) is 5.91 Å². The first kappa shape index (κ1) is 15.8. The van der Waals surface area contributed by atoms with E-state index in [1.807, 2.05) is 0 Å². The number of rotatable bonds is 5. The molecule has 1 aromatic heterocycles. The number of piperidine rings is 1. The van der Waals surface area contributed by atoms with Gasteiger partial charge in [0, 0.05) is 17.3 Å². The van der Waals surface area contributed by atoms with Gasteiger partial charge in [0.25, 0.3) is 0 Å². The molecule has 20 heavy (non-hydrogen) atoms. The van der Waals surface area contributed by atoms with Crippen LogP contribution in [0.5, 0.6) is 0 Å². The molecule has 0 spiro atoms. The lowest BCUT2D eigenvalue weighted by Crippen LogP contribution is -2.36. The normalized spacial score (nSPS) is 19.4. The van der Waals surface area contributed by atoms with Gasteiger partial charge in [-0.2, -0.15) is 0 Å². The van der Waals surface area contributed by atoms with Gasteiger partial charge in [-0.05, 0) is 56.1 Å². The van der Waals surface area contributed by atoms with Crippen LogP contribution in [0.25, 0.3) is 0 Å². The number of carbonyl (C=O) groups is 1. The highest BCUT2D eigenvalue weighted by molar-refractivity contribution is 7.09. The van der Waals surface area contributed by atoms with E-state index in [-0.39, 0.29) is 12.4 Å². The zero-order valence-electron chi connectivity index (χ0n) is 11.7. The Bertz CT molecular complexity index is 414. The van der Waals surface area contributed by atoms with Gasteiger partial charge in [-0.15, -0.1) is 23.7 Å². The highest BCUT2D eigenvalue weighted by Crippen LogP contribution is 2.31. The van der Waals surface area contributed by atoms with E-state index in [1.165, 1.54) is 17.7 Å². The molecule has 1 saturated carbocycles. The molecule has 2 aliphatic rings. The van der Waals surface area contributed by atoms with E-state index < -0.39 is 0 Å². The van der Waals surface area contributed by atoms with Crippen LogP contribution in [0, 0.1) is 5.92 Å².